The van der Waals surface area contributed by atoms with E-state index in [4.69, 9.17) is 9.63 Å². The Morgan fingerprint density at radius 1 is 1.39 bits per heavy atom. The van der Waals surface area contributed by atoms with Crippen molar-refractivity contribution in [1.82, 2.24) is 5.16 Å². The highest BCUT2D eigenvalue weighted by Gasteiger charge is 2.14. The Morgan fingerprint density at radius 3 is 2.89 bits per heavy atom. The molecule has 0 aliphatic rings. The van der Waals surface area contributed by atoms with Crippen LogP contribution in [0.2, 0.25) is 0 Å². The molecule has 18 heavy (non-hydrogen) atoms. The Labute approximate surface area is 106 Å². The van der Waals surface area contributed by atoms with Crippen molar-refractivity contribution in [3.63, 3.8) is 0 Å². The minimum absolute atomic E-state index is 0.0702. The largest absolute Gasteiger partial charge is 0.476 e. The molecule has 0 atom stereocenters. The molecular formula is C13H9NO3S. The number of aromatic nitrogens is 1. The number of rotatable bonds is 2. The highest BCUT2D eigenvalue weighted by Crippen LogP contribution is 2.35. The number of hydrogen-bond donors (Lipinski definition) is 1. The third-order valence-corrected chi connectivity index (χ3v) is 4.01. The number of benzene rings is 1. The Balaban J connectivity index is 2.13. The van der Waals surface area contributed by atoms with Gasteiger partial charge in [0.05, 0.1) is 4.88 Å². The lowest BCUT2D eigenvalue weighted by atomic mass is 10.2. The molecule has 3 aromatic rings. The lowest BCUT2D eigenvalue weighted by Gasteiger charge is -1.91. The summed E-state index contributed by atoms with van der Waals surface area (Å²) in [6.07, 6.45) is 0. The van der Waals surface area contributed by atoms with E-state index in [9.17, 15) is 4.79 Å². The van der Waals surface area contributed by atoms with Crippen molar-refractivity contribution in [1.29, 1.82) is 0 Å². The number of carbonyl (C=O) groups is 1. The number of thiophene rings is 1. The van der Waals surface area contributed by atoms with Crippen molar-refractivity contribution in [2.24, 2.45) is 0 Å². The summed E-state index contributed by atoms with van der Waals surface area (Å²) in [6.45, 7) is 2.05. The van der Waals surface area contributed by atoms with E-state index in [1.807, 2.05) is 31.2 Å². The van der Waals surface area contributed by atoms with Crippen LogP contribution in [-0.4, -0.2) is 16.2 Å². The molecular weight excluding hydrogens is 250 g/mol. The quantitative estimate of drug-likeness (QED) is 0.764. The molecule has 0 unspecified atom stereocenters. The van der Waals surface area contributed by atoms with Gasteiger partial charge in [0.25, 0.3) is 0 Å². The first-order valence-electron chi connectivity index (χ1n) is 5.35. The molecule has 90 valence electrons. The number of aromatic carboxylic acids is 1. The number of hydrogen-bond acceptors (Lipinski definition) is 4. The molecule has 4 nitrogen and oxygen atoms in total. The maximum absolute atomic E-state index is 10.8. The van der Waals surface area contributed by atoms with Crippen LogP contribution in [0.25, 0.3) is 20.7 Å². The van der Waals surface area contributed by atoms with E-state index < -0.39 is 5.97 Å². The van der Waals surface area contributed by atoms with Crippen molar-refractivity contribution >= 4 is 27.4 Å². The lowest BCUT2D eigenvalue weighted by Crippen LogP contribution is -1.94. The Morgan fingerprint density at radius 2 is 2.22 bits per heavy atom. The Bertz CT molecular complexity index is 742. The third-order valence-electron chi connectivity index (χ3n) is 2.71. The molecule has 0 bridgehead atoms. The van der Waals surface area contributed by atoms with E-state index in [1.54, 1.807) is 11.3 Å². The fraction of sp³-hybridized carbons (Fsp3) is 0.0769. The first-order valence-corrected chi connectivity index (χ1v) is 6.16. The maximum Gasteiger partial charge on any atom is 0.358 e. The average molecular weight is 259 g/mol. The van der Waals surface area contributed by atoms with Gasteiger partial charge in [0.2, 0.25) is 0 Å². The average Bonchev–Trinajstić information content (AvgIpc) is 2.95. The van der Waals surface area contributed by atoms with E-state index in [2.05, 4.69) is 5.16 Å². The second-order valence-corrected chi connectivity index (χ2v) is 5.04. The third kappa shape index (κ3) is 1.69. The lowest BCUT2D eigenvalue weighted by molar-refractivity contribution is 0.0686. The minimum Gasteiger partial charge on any atom is -0.476 e. The van der Waals surface area contributed by atoms with Gasteiger partial charge in [-0.2, -0.15) is 0 Å². The van der Waals surface area contributed by atoms with Crippen LogP contribution in [0.5, 0.6) is 0 Å². The molecule has 3 rings (SSSR count). The van der Waals surface area contributed by atoms with Gasteiger partial charge < -0.3 is 9.63 Å². The zero-order valence-corrected chi connectivity index (χ0v) is 10.3. The summed E-state index contributed by atoms with van der Waals surface area (Å²) in [4.78, 5) is 11.6. The summed E-state index contributed by atoms with van der Waals surface area (Å²) in [7, 11) is 0. The second-order valence-electron chi connectivity index (χ2n) is 3.99. The standard InChI is InChI=1S/C13H9NO3S/c1-7-3-2-4-8-5-11(18-12(7)8)10-6-9(13(15)16)14-17-10/h2-6H,1H3,(H,15,16). The van der Waals surface area contributed by atoms with Crippen molar-refractivity contribution in [2.45, 2.75) is 6.92 Å². The van der Waals surface area contributed by atoms with E-state index in [1.165, 1.54) is 16.3 Å². The zero-order valence-electron chi connectivity index (χ0n) is 9.51. The summed E-state index contributed by atoms with van der Waals surface area (Å²) in [5, 5.41) is 13.5. The molecule has 0 fully saturated rings. The highest BCUT2D eigenvalue weighted by molar-refractivity contribution is 7.22. The SMILES string of the molecule is Cc1cccc2cc(-c3cc(C(=O)O)no3)sc12. The summed E-state index contributed by atoms with van der Waals surface area (Å²) >= 11 is 1.58. The van der Waals surface area contributed by atoms with Crippen LogP contribution >= 0.6 is 11.3 Å². The summed E-state index contributed by atoms with van der Waals surface area (Å²) in [6, 6.07) is 9.50. The van der Waals surface area contributed by atoms with Gasteiger partial charge in [-0.25, -0.2) is 4.79 Å². The second kappa shape index (κ2) is 3.96. The normalized spacial score (nSPS) is 10.9. The van der Waals surface area contributed by atoms with Crippen molar-refractivity contribution in [3.05, 3.63) is 41.6 Å². The van der Waals surface area contributed by atoms with Crippen molar-refractivity contribution < 1.29 is 14.4 Å². The van der Waals surface area contributed by atoms with Crippen molar-refractivity contribution in [2.75, 3.05) is 0 Å². The van der Waals surface area contributed by atoms with E-state index in [-0.39, 0.29) is 5.69 Å². The number of carboxylic acids is 1. The van der Waals surface area contributed by atoms with Crippen LogP contribution in [0.15, 0.2) is 34.9 Å². The molecule has 2 heterocycles. The maximum atomic E-state index is 10.8. The summed E-state index contributed by atoms with van der Waals surface area (Å²) in [5.41, 5.74) is 1.13. The van der Waals surface area contributed by atoms with Crippen LogP contribution in [-0.2, 0) is 0 Å². The zero-order chi connectivity index (χ0) is 12.7. The van der Waals surface area contributed by atoms with Crippen molar-refractivity contribution in [3.8, 4) is 10.6 Å². The van der Waals surface area contributed by atoms with E-state index in [0.717, 1.165) is 10.3 Å². The first-order chi connectivity index (χ1) is 8.65. The van der Waals surface area contributed by atoms with Gasteiger partial charge >= 0.3 is 5.97 Å². The molecule has 0 saturated carbocycles. The molecule has 5 heteroatoms. The first kappa shape index (κ1) is 11.0. The summed E-state index contributed by atoms with van der Waals surface area (Å²) in [5.74, 6) is -0.588. The molecule has 1 aromatic carbocycles. The van der Waals surface area contributed by atoms with Crippen LogP contribution in [0.4, 0.5) is 0 Å². The number of nitrogens with zero attached hydrogens (tertiary/aromatic N) is 1. The van der Waals surface area contributed by atoms with E-state index >= 15 is 0 Å². The van der Waals surface area contributed by atoms with Gasteiger partial charge in [-0.15, -0.1) is 11.3 Å². The Hall–Kier alpha value is -2.14. The molecule has 0 spiro atoms. The monoisotopic (exact) mass is 259 g/mol. The van der Waals surface area contributed by atoms with Gasteiger partial charge in [0.15, 0.2) is 11.5 Å². The van der Waals surface area contributed by atoms with Gasteiger partial charge in [0, 0.05) is 10.8 Å². The fourth-order valence-corrected chi connectivity index (χ4v) is 2.90. The number of aryl methyl sites for hydroxylation is 1. The summed E-state index contributed by atoms with van der Waals surface area (Å²) < 4.78 is 6.24. The molecule has 0 radical (unpaired) electrons. The van der Waals surface area contributed by atoms with Crippen LogP contribution < -0.4 is 0 Å². The number of carboxylic acid groups (broad SMARTS) is 1. The van der Waals surface area contributed by atoms with Gasteiger partial charge in [-0.1, -0.05) is 23.4 Å². The van der Waals surface area contributed by atoms with E-state index in [0.29, 0.717) is 5.76 Å². The number of fused-ring (bicyclic) bond motifs is 1. The molecule has 0 saturated heterocycles. The Kier molecular flexibility index (Phi) is 2.41. The molecule has 1 N–H and O–H groups in total. The molecule has 0 aliphatic carbocycles. The van der Waals surface area contributed by atoms with Gasteiger partial charge in [-0.05, 0) is 23.9 Å². The molecule has 0 aliphatic heterocycles. The highest BCUT2D eigenvalue weighted by atomic mass is 32.1. The van der Waals surface area contributed by atoms with Crippen LogP contribution in [0, 0.1) is 6.92 Å². The smallest absolute Gasteiger partial charge is 0.358 e. The minimum atomic E-state index is -1.08. The van der Waals surface area contributed by atoms with Gasteiger partial charge in [-0.3, -0.25) is 0 Å². The van der Waals surface area contributed by atoms with Gasteiger partial charge in [0.1, 0.15) is 0 Å². The van der Waals surface area contributed by atoms with Crippen LogP contribution in [0.1, 0.15) is 16.1 Å². The topological polar surface area (TPSA) is 63.3 Å². The fourth-order valence-electron chi connectivity index (χ4n) is 1.82. The predicted octanol–water partition coefficient (Wildman–Crippen LogP) is 3.56. The molecule has 0 amide bonds. The molecule has 2 aromatic heterocycles. The van der Waals surface area contributed by atoms with Crippen LogP contribution in [0.3, 0.4) is 0 Å². The predicted molar refractivity (Wildman–Crippen MR) is 69.0 cm³/mol.